The van der Waals surface area contributed by atoms with Crippen LogP contribution in [0.2, 0.25) is 19.6 Å². The van der Waals surface area contributed by atoms with Crippen LogP contribution < -0.4 is 10.5 Å². The molecule has 0 heterocycles. The van der Waals surface area contributed by atoms with Crippen molar-refractivity contribution in [2.24, 2.45) is 11.8 Å². The summed E-state index contributed by atoms with van der Waals surface area (Å²) < 4.78 is 0. The van der Waals surface area contributed by atoms with Crippen molar-refractivity contribution in [1.82, 2.24) is 5.32 Å². The van der Waals surface area contributed by atoms with Gasteiger partial charge in [0, 0.05) is 12.6 Å². The molecule has 0 radical (unpaired) electrons. The van der Waals surface area contributed by atoms with Crippen molar-refractivity contribution in [1.29, 1.82) is 0 Å². The third-order valence-electron chi connectivity index (χ3n) is 4.82. The van der Waals surface area contributed by atoms with Gasteiger partial charge in [0.1, 0.15) is 0 Å². The Hall–Kier alpha value is -0.603. The maximum Gasteiger partial charge on any atom is 0.0775 e. The molecule has 1 aromatic rings. The molecule has 20 heavy (non-hydrogen) atoms. The Labute approximate surface area is 126 Å². The Morgan fingerprint density at radius 3 is 2.25 bits per heavy atom. The van der Waals surface area contributed by atoms with E-state index in [4.69, 9.17) is 0 Å². The van der Waals surface area contributed by atoms with E-state index in [2.05, 4.69) is 63.1 Å². The first-order valence-electron chi connectivity index (χ1n) is 8.19. The van der Waals surface area contributed by atoms with Gasteiger partial charge in [0.2, 0.25) is 0 Å². The maximum atomic E-state index is 3.78. The molecule has 1 aromatic carbocycles. The summed E-state index contributed by atoms with van der Waals surface area (Å²) >= 11 is 0. The second kappa shape index (κ2) is 6.44. The summed E-state index contributed by atoms with van der Waals surface area (Å²) in [7, 11) is -1.15. The summed E-state index contributed by atoms with van der Waals surface area (Å²) in [6.07, 6.45) is 4.11. The van der Waals surface area contributed by atoms with Crippen LogP contribution >= 0.6 is 0 Å². The first kappa shape index (κ1) is 15.8. The molecule has 1 aliphatic rings. The molecule has 1 aliphatic carbocycles. The van der Waals surface area contributed by atoms with E-state index in [0.29, 0.717) is 6.04 Å². The van der Waals surface area contributed by atoms with Crippen molar-refractivity contribution < 1.29 is 0 Å². The lowest BCUT2D eigenvalue weighted by atomic mass is 9.80. The predicted molar refractivity (Wildman–Crippen MR) is 92.2 cm³/mol. The van der Waals surface area contributed by atoms with Gasteiger partial charge < -0.3 is 5.32 Å². The highest BCUT2D eigenvalue weighted by Crippen LogP contribution is 2.28. The number of rotatable bonds is 4. The Morgan fingerprint density at radius 1 is 1.05 bits per heavy atom. The van der Waals surface area contributed by atoms with E-state index in [1.807, 2.05) is 0 Å². The van der Waals surface area contributed by atoms with E-state index < -0.39 is 8.07 Å². The van der Waals surface area contributed by atoms with Gasteiger partial charge in [0.15, 0.2) is 0 Å². The lowest BCUT2D eigenvalue weighted by molar-refractivity contribution is 0.227. The topological polar surface area (TPSA) is 12.0 Å². The van der Waals surface area contributed by atoms with Crippen molar-refractivity contribution in [3.05, 3.63) is 29.8 Å². The Kier molecular flexibility index (Phi) is 5.08. The smallest absolute Gasteiger partial charge is 0.0775 e. The fourth-order valence-electron chi connectivity index (χ4n) is 3.34. The van der Waals surface area contributed by atoms with Crippen molar-refractivity contribution in [3.63, 3.8) is 0 Å². The minimum atomic E-state index is -1.15. The minimum absolute atomic E-state index is 0.711. The fourth-order valence-corrected chi connectivity index (χ4v) is 4.51. The van der Waals surface area contributed by atoms with Gasteiger partial charge >= 0.3 is 0 Å². The second-order valence-corrected chi connectivity index (χ2v) is 12.9. The Balaban J connectivity index is 1.88. The van der Waals surface area contributed by atoms with E-state index in [1.54, 1.807) is 5.19 Å². The van der Waals surface area contributed by atoms with Crippen LogP contribution in [-0.2, 0) is 6.54 Å². The molecule has 2 heteroatoms. The minimum Gasteiger partial charge on any atom is -0.310 e. The molecule has 1 N–H and O–H groups in total. The first-order chi connectivity index (χ1) is 9.36. The van der Waals surface area contributed by atoms with Crippen molar-refractivity contribution in [2.75, 3.05) is 0 Å². The first-order valence-corrected chi connectivity index (χ1v) is 11.7. The zero-order valence-corrected chi connectivity index (χ0v) is 14.9. The second-order valence-electron chi connectivity index (χ2n) is 7.83. The SMILES string of the molecule is CC1CCC(NCc2ccc([Si](C)(C)C)cc2)C(C)C1. The summed E-state index contributed by atoms with van der Waals surface area (Å²) in [4.78, 5) is 0. The molecule has 112 valence electrons. The predicted octanol–water partition coefficient (Wildman–Crippen LogP) is 4.15. The molecule has 3 atom stereocenters. The highest BCUT2D eigenvalue weighted by molar-refractivity contribution is 6.88. The van der Waals surface area contributed by atoms with Crippen LogP contribution in [0.15, 0.2) is 24.3 Å². The summed E-state index contributed by atoms with van der Waals surface area (Å²) in [6, 6.07) is 10.0. The summed E-state index contributed by atoms with van der Waals surface area (Å²) in [5, 5.41) is 5.33. The van der Waals surface area contributed by atoms with Gasteiger partial charge in [-0.2, -0.15) is 0 Å². The van der Waals surface area contributed by atoms with Crippen LogP contribution in [0.5, 0.6) is 0 Å². The van der Waals surface area contributed by atoms with Crippen LogP contribution in [0.4, 0.5) is 0 Å². The molecule has 3 unspecified atom stereocenters. The lowest BCUT2D eigenvalue weighted by Crippen LogP contribution is -2.39. The normalized spacial score (nSPS) is 27.6. The average Bonchev–Trinajstić information content (AvgIpc) is 2.37. The third-order valence-corrected chi connectivity index (χ3v) is 6.89. The number of hydrogen-bond donors (Lipinski definition) is 1. The zero-order valence-electron chi connectivity index (χ0n) is 13.9. The quantitative estimate of drug-likeness (QED) is 0.821. The van der Waals surface area contributed by atoms with Crippen molar-refractivity contribution in [2.45, 2.75) is 65.3 Å². The molecule has 0 amide bonds. The van der Waals surface area contributed by atoms with Crippen molar-refractivity contribution in [3.8, 4) is 0 Å². The van der Waals surface area contributed by atoms with E-state index in [9.17, 15) is 0 Å². The number of hydrogen-bond acceptors (Lipinski definition) is 1. The molecule has 0 saturated heterocycles. The standard InChI is InChI=1S/C18H31NSi/c1-14-6-11-18(15(2)12-14)19-13-16-7-9-17(10-8-16)20(3,4)5/h7-10,14-15,18-19H,6,11-13H2,1-5H3. The van der Waals surface area contributed by atoms with Gasteiger partial charge in [-0.05, 0) is 36.7 Å². The molecule has 2 rings (SSSR count). The Morgan fingerprint density at radius 2 is 1.70 bits per heavy atom. The molecule has 1 nitrogen and oxygen atoms in total. The summed E-state index contributed by atoms with van der Waals surface area (Å²) in [5.74, 6) is 1.74. The zero-order chi connectivity index (χ0) is 14.8. The molecule has 1 fully saturated rings. The average molecular weight is 290 g/mol. The van der Waals surface area contributed by atoms with Crippen LogP contribution in [0.1, 0.15) is 38.7 Å². The van der Waals surface area contributed by atoms with Crippen molar-refractivity contribution >= 4 is 13.3 Å². The van der Waals surface area contributed by atoms with Crippen LogP contribution in [0.3, 0.4) is 0 Å². The summed E-state index contributed by atoms with van der Waals surface area (Å²) in [5.41, 5.74) is 1.43. The molecule has 0 bridgehead atoms. The lowest BCUT2D eigenvalue weighted by Gasteiger charge is -2.33. The van der Waals surface area contributed by atoms with E-state index in [-0.39, 0.29) is 0 Å². The van der Waals surface area contributed by atoms with Gasteiger partial charge in [-0.15, -0.1) is 0 Å². The monoisotopic (exact) mass is 289 g/mol. The molecule has 0 aliphatic heterocycles. The fraction of sp³-hybridized carbons (Fsp3) is 0.667. The molecule has 0 spiro atoms. The molecule has 0 aromatic heterocycles. The maximum absolute atomic E-state index is 3.78. The third kappa shape index (κ3) is 4.19. The van der Waals surface area contributed by atoms with Gasteiger partial charge in [-0.1, -0.05) is 62.9 Å². The molecule has 1 saturated carbocycles. The van der Waals surface area contributed by atoms with Crippen LogP contribution in [-0.4, -0.2) is 14.1 Å². The molecular weight excluding hydrogens is 258 g/mol. The van der Waals surface area contributed by atoms with Gasteiger partial charge in [0.25, 0.3) is 0 Å². The van der Waals surface area contributed by atoms with Gasteiger partial charge in [-0.25, -0.2) is 0 Å². The number of benzene rings is 1. The van der Waals surface area contributed by atoms with Gasteiger partial charge in [0.05, 0.1) is 8.07 Å². The van der Waals surface area contributed by atoms with E-state index in [0.717, 1.165) is 18.4 Å². The summed E-state index contributed by atoms with van der Waals surface area (Å²) in [6.45, 7) is 13.0. The Bertz CT molecular complexity index is 418. The van der Waals surface area contributed by atoms with Gasteiger partial charge in [-0.3, -0.25) is 0 Å². The number of nitrogens with one attached hydrogen (secondary N) is 1. The highest BCUT2D eigenvalue weighted by atomic mass is 28.3. The van der Waals surface area contributed by atoms with E-state index >= 15 is 0 Å². The van der Waals surface area contributed by atoms with Crippen LogP contribution in [0, 0.1) is 11.8 Å². The molecular formula is C18H31NSi. The van der Waals surface area contributed by atoms with Crippen LogP contribution in [0.25, 0.3) is 0 Å². The largest absolute Gasteiger partial charge is 0.310 e. The van der Waals surface area contributed by atoms with E-state index in [1.165, 1.54) is 24.8 Å². The highest BCUT2D eigenvalue weighted by Gasteiger charge is 2.24.